The van der Waals surface area contributed by atoms with Crippen molar-refractivity contribution in [2.45, 2.75) is 50.9 Å². The lowest BCUT2D eigenvalue weighted by Gasteiger charge is -2.42. The Balaban J connectivity index is 1.98. The molecule has 0 bridgehead atoms. The molecule has 1 amide bonds. The van der Waals surface area contributed by atoms with E-state index in [4.69, 9.17) is 18.9 Å². The molecule has 1 N–H and O–H groups in total. The summed E-state index contributed by atoms with van der Waals surface area (Å²) in [4.78, 5) is 56.6. The summed E-state index contributed by atoms with van der Waals surface area (Å²) in [6, 6.07) is -0.858. The van der Waals surface area contributed by atoms with Gasteiger partial charge in [-0.15, -0.1) is 0 Å². The molecule has 0 aliphatic carbocycles. The molecule has 0 unspecified atom stereocenters. The summed E-state index contributed by atoms with van der Waals surface area (Å²) < 4.78 is 21.6. The van der Waals surface area contributed by atoms with Gasteiger partial charge >= 0.3 is 17.9 Å². The minimum Gasteiger partial charge on any atom is -0.463 e. The second-order valence-electron chi connectivity index (χ2n) is 6.44. The van der Waals surface area contributed by atoms with Crippen LogP contribution < -0.4 is 5.32 Å². The van der Waals surface area contributed by atoms with Gasteiger partial charge in [0.2, 0.25) is 0 Å². The van der Waals surface area contributed by atoms with Crippen LogP contribution in [0.4, 0.5) is 0 Å². The van der Waals surface area contributed by atoms with Crippen LogP contribution in [0.1, 0.15) is 20.8 Å². The molecule has 0 aromatic heterocycles. The third-order valence-corrected chi connectivity index (χ3v) is 4.41. The van der Waals surface area contributed by atoms with E-state index in [1.165, 1.54) is 38.3 Å². The van der Waals surface area contributed by atoms with Gasteiger partial charge in [0, 0.05) is 20.8 Å². The van der Waals surface area contributed by atoms with E-state index >= 15 is 0 Å². The fraction of sp³-hybridized carbons (Fsp3) is 0.625. The maximum absolute atomic E-state index is 12.0. The molecule has 12 nitrogen and oxygen atoms in total. The molecule has 28 heavy (non-hydrogen) atoms. The minimum atomic E-state index is -1.64. The smallest absolute Gasteiger partial charge is 0.304 e. The monoisotopic (exact) mass is 396 g/mol. The van der Waals surface area contributed by atoms with E-state index in [0.29, 0.717) is 0 Å². The van der Waals surface area contributed by atoms with Crippen LogP contribution in [0.3, 0.4) is 0 Å². The molecule has 0 saturated carbocycles. The first-order chi connectivity index (χ1) is 13.2. The van der Waals surface area contributed by atoms with Gasteiger partial charge in [0.1, 0.15) is 19.3 Å². The second-order valence-corrected chi connectivity index (χ2v) is 6.44. The summed E-state index contributed by atoms with van der Waals surface area (Å²) in [5.41, 5.74) is -1.64. The van der Waals surface area contributed by atoms with Gasteiger partial charge in [-0.1, -0.05) is 0 Å². The average molecular weight is 396 g/mol. The molecule has 3 aliphatic heterocycles. The Hall–Kier alpha value is -3.02. The maximum atomic E-state index is 12.0. The van der Waals surface area contributed by atoms with Crippen molar-refractivity contribution < 1.29 is 38.1 Å². The predicted molar refractivity (Wildman–Crippen MR) is 91.0 cm³/mol. The highest BCUT2D eigenvalue weighted by Gasteiger charge is 2.62. The molecule has 12 heteroatoms. The van der Waals surface area contributed by atoms with Crippen LogP contribution in [0, 0.1) is 0 Å². The first-order valence-corrected chi connectivity index (χ1v) is 8.50. The molecule has 0 spiro atoms. The van der Waals surface area contributed by atoms with Crippen LogP contribution in [0.5, 0.6) is 0 Å². The molecule has 0 aromatic carbocycles. The summed E-state index contributed by atoms with van der Waals surface area (Å²) in [6.45, 7) is 3.16. The van der Waals surface area contributed by atoms with E-state index in [1.807, 2.05) is 0 Å². The number of rotatable bonds is 5. The SMILES string of the molecule is CC(=O)OC[C@@H]1OC[C@@](OC(C)=O)(N2C=N[C@H]3C(=O)NC=N[C@@H]32)[C@H]1OC(C)=O. The Morgan fingerprint density at radius 1 is 1.25 bits per heavy atom. The number of ether oxygens (including phenoxy) is 4. The predicted octanol–water partition coefficient (Wildman–Crippen LogP) is -1.66. The number of nitrogens with one attached hydrogen (secondary N) is 1. The number of carbonyl (C=O) groups excluding carboxylic acids is 4. The largest absolute Gasteiger partial charge is 0.463 e. The highest BCUT2D eigenvalue weighted by Crippen LogP contribution is 2.38. The molecule has 5 atom stereocenters. The van der Waals surface area contributed by atoms with E-state index in [2.05, 4.69) is 15.3 Å². The number of hydrogen-bond donors (Lipinski definition) is 1. The number of aliphatic imine (C=N–C) groups is 2. The Bertz CT molecular complexity index is 753. The lowest BCUT2D eigenvalue weighted by molar-refractivity contribution is -0.205. The highest BCUT2D eigenvalue weighted by atomic mass is 16.7. The molecule has 0 radical (unpaired) electrons. The topological polar surface area (TPSA) is 145 Å². The van der Waals surface area contributed by atoms with Crippen molar-refractivity contribution in [2.75, 3.05) is 13.2 Å². The Kier molecular flexibility index (Phi) is 5.31. The molecule has 1 fully saturated rings. The van der Waals surface area contributed by atoms with E-state index in [-0.39, 0.29) is 19.1 Å². The van der Waals surface area contributed by atoms with Crippen molar-refractivity contribution in [3.8, 4) is 0 Å². The number of amides is 1. The first-order valence-electron chi connectivity index (χ1n) is 8.50. The van der Waals surface area contributed by atoms with Crippen molar-refractivity contribution in [1.82, 2.24) is 10.2 Å². The van der Waals surface area contributed by atoms with E-state index in [9.17, 15) is 19.2 Å². The quantitative estimate of drug-likeness (QED) is 0.426. The van der Waals surface area contributed by atoms with Crippen molar-refractivity contribution in [2.24, 2.45) is 9.98 Å². The van der Waals surface area contributed by atoms with Crippen molar-refractivity contribution in [3.05, 3.63) is 0 Å². The van der Waals surface area contributed by atoms with E-state index in [1.54, 1.807) is 0 Å². The maximum Gasteiger partial charge on any atom is 0.304 e. The summed E-state index contributed by atoms with van der Waals surface area (Å²) >= 11 is 0. The second kappa shape index (κ2) is 7.54. The summed E-state index contributed by atoms with van der Waals surface area (Å²) in [7, 11) is 0. The number of hydrogen-bond acceptors (Lipinski definition) is 11. The molecule has 3 rings (SSSR count). The van der Waals surface area contributed by atoms with Crippen LogP contribution in [0.2, 0.25) is 0 Å². The third-order valence-electron chi connectivity index (χ3n) is 4.41. The van der Waals surface area contributed by atoms with Crippen molar-refractivity contribution in [1.29, 1.82) is 0 Å². The molecular weight excluding hydrogens is 376 g/mol. The van der Waals surface area contributed by atoms with Crippen LogP contribution in [0.25, 0.3) is 0 Å². The average Bonchev–Trinajstić information content (AvgIpc) is 3.16. The summed E-state index contributed by atoms with van der Waals surface area (Å²) in [6.07, 6.45) is -0.337. The molecule has 1 saturated heterocycles. The van der Waals surface area contributed by atoms with Gasteiger partial charge in [0.05, 0.1) is 12.7 Å². The molecule has 3 aliphatic rings. The Morgan fingerprint density at radius 3 is 2.64 bits per heavy atom. The van der Waals surface area contributed by atoms with Crippen molar-refractivity contribution >= 4 is 36.5 Å². The number of esters is 3. The zero-order valence-electron chi connectivity index (χ0n) is 15.5. The molecule has 3 heterocycles. The van der Waals surface area contributed by atoms with Gasteiger partial charge in [-0.25, -0.2) is 4.99 Å². The van der Waals surface area contributed by atoms with Crippen LogP contribution in [-0.2, 0) is 38.1 Å². The standard InChI is InChI=1S/C16H20N4O8/c1-8(21)25-4-11-13(27-9(2)22)16(5-26-11,28-10(3)23)20-7-19-12-14(20)17-6-18-15(12)24/h6-7,11-14H,4-5H2,1-3H3,(H,17,18,24)/t11-,12+,13-,14+,16-/m0/s1. The van der Waals surface area contributed by atoms with Crippen molar-refractivity contribution in [3.63, 3.8) is 0 Å². The van der Waals surface area contributed by atoms with Crippen LogP contribution in [0.15, 0.2) is 9.98 Å². The van der Waals surface area contributed by atoms with Crippen LogP contribution >= 0.6 is 0 Å². The normalized spacial score (nSPS) is 33.2. The summed E-state index contributed by atoms with van der Waals surface area (Å²) in [5, 5.41) is 2.45. The fourth-order valence-corrected chi connectivity index (χ4v) is 3.36. The Labute approximate surface area is 159 Å². The van der Waals surface area contributed by atoms with Gasteiger partial charge in [0.25, 0.3) is 11.6 Å². The van der Waals surface area contributed by atoms with E-state index < -0.39 is 48.0 Å². The lowest BCUT2D eigenvalue weighted by atomic mass is 10.0. The molecule has 0 aromatic rings. The van der Waals surface area contributed by atoms with Gasteiger partial charge in [-0.05, 0) is 0 Å². The zero-order chi connectivity index (χ0) is 20.5. The van der Waals surface area contributed by atoms with Gasteiger partial charge in [-0.3, -0.25) is 29.1 Å². The van der Waals surface area contributed by atoms with Gasteiger partial charge in [0.15, 0.2) is 18.3 Å². The number of nitrogens with zero attached hydrogens (tertiary/aromatic N) is 3. The van der Waals surface area contributed by atoms with Crippen LogP contribution in [-0.4, -0.2) is 84.7 Å². The molecular formula is C16H20N4O8. The van der Waals surface area contributed by atoms with E-state index in [0.717, 1.165) is 0 Å². The fourth-order valence-electron chi connectivity index (χ4n) is 3.36. The summed E-state index contributed by atoms with van der Waals surface area (Å²) in [5.74, 6) is -2.25. The lowest BCUT2D eigenvalue weighted by Crippen LogP contribution is -2.65. The number of carbonyl (C=O) groups is 4. The minimum absolute atomic E-state index is 0.219. The zero-order valence-corrected chi connectivity index (χ0v) is 15.5. The molecule has 152 valence electrons. The number of fused-ring (bicyclic) bond motifs is 1. The first kappa shape index (κ1) is 19.7. The van der Waals surface area contributed by atoms with Gasteiger partial charge < -0.3 is 24.3 Å². The third kappa shape index (κ3) is 3.54. The van der Waals surface area contributed by atoms with Gasteiger partial charge in [-0.2, -0.15) is 0 Å². The Morgan fingerprint density at radius 2 is 2.00 bits per heavy atom. The highest BCUT2D eigenvalue weighted by molar-refractivity contribution is 5.96.